The number of aryl methyl sites for hydroxylation is 1. The zero-order valence-corrected chi connectivity index (χ0v) is 15.9. The van der Waals surface area contributed by atoms with E-state index in [0.717, 1.165) is 16.3 Å². The molecule has 0 saturated carbocycles. The lowest BCUT2D eigenvalue weighted by Gasteiger charge is -2.22. The van der Waals surface area contributed by atoms with Crippen LogP contribution in [0.1, 0.15) is 30.9 Å². The molecule has 1 aliphatic heterocycles. The summed E-state index contributed by atoms with van der Waals surface area (Å²) < 4.78 is 5.60. The van der Waals surface area contributed by atoms with E-state index >= 15 is 0 Å². The highest BCUT2D eigenvalue weighted by atomic mass is 16.5. The Morgan fingerprint density at radius 3 is 2.61 bits per heavy atom. The molecule has 1 atom stereocenters. The van der Waals surface area contributed by atoms with Gasteiger partial charge in [0, 0.05) is 6.42 Å². The van der Waals surface area contributed by atoms with E-state index in [1.54, 1.807) is 31.2 Å². The van der Waals surface area contributed by atoms with E-state index in [0.29, 0.717) is 18.6 Å². The van der Waals surface area contributed by atoms with Crippen LogP contribution in [0, 0.1) is 6.92 Å². The Labute approximate surface area is 163 Å². The molecule has 7 nitrogen and oxygen atoms in total. The summed E-state index contributed by atoms with van der Waals surface area (Å²) in [5, 5.41) is 3.39. The van der Waals surface area contributed by atoms with E-state index < -0.39 is 23.4 Å². The number of hydrazine groups is 1. The van der Waals surface area contributed by atoms with Crippen molar-refractivity contribution in [1.82, 2.24) is 15.8 Å². The average molecular weight is 381 g/mol. The Kier molecular flexibility index (Phi) is 5.63. The van der Waals surface area contributed by atoms with Gasteiger partial charge in [0.15, 0.2) is 0 Å². The second-order valence-electron chi connectivity index (χ2n) is 6.87. The first kappa shape index (κ1) is 19.4. The third-order valence-electron chi connectivity index (χ3n) is 4.58. The van der Waals surface area contributed by atoms with Crippen molar-refractivity contribution >= 4 is 17.8 Å². The summed E-state index contributed by atoms with van der Waals surface area (Å²) in [5.41, 5.74) is 2.92. The van der Waals surface area contributed by atoms with Gasteiger partial charge in [-0.1, -0.05) is 42.5 Å². The number of urea groups is 1. The fraction of sp³-hybridized carbons (Fsp3) is 0.286. The fourth-order valence-corrected chi connectivity index (χ4v) is 3.02. The topological polar surface area (TPSA) is 87.7 Å². The monoisotopic (exact) mass is 381 g/mol. The molecule has 0 aliphatic carbocycles. The zero-order valence-electron chi connectivity index (χ0n) is 15.9. The highest BCUT2D eigenvalue weighted by molar-refractivity contribution is 6.08. The third-order valence-corrected chi connectivity index (χ3v) is 4.58. The van der Waals surface area contributed by atoms with Crippen LogP contribution in [0.4, 0.5) is 4.79 Å². The van der Waals surface area contributed by atoms with Crippen LogP contribution >= 0.6 is 0 Å². The minimum atomic E-state index is -1.21. The van der Waals surface area contributed by atoms with E-state index in [2.05, 4.69) is 10.7 Å². The largest absolute Gasteiger partial charge is 0.494 e. The van der Waals surface area contributed by atoms with Gasteiger partial charge in [-0.05, 0) is 43.5 Å². The normalized spacial score (nSPS) is 18.7. The molecule has 2 aromatic carbocycles. The number of rotatable bonds is 7. The Hall–Kier alpha value is -3.35. The number of nitrogens with one attached hydrogen (secondary N) is 2. The number of amides is 4. The van der Waals surface area contributed by atoms with Crippen molar-refractivity contribution in [3.05, 3.63) is 65.7 Å². The summed E-state index contributed by atoms with van der Waals surface area (Å²) in [6, 6.07) is 15.9. The van der Waals surface area contributed by atoms with Gasteiger partial charge in [0.2, 0.25) is 5.91 Å². The molecule has 0 spiro atoms. The van der Waals surface area contributed by atoms with Crippen LogP contribution in [0.25, 0.3) is 0 Å². The first-order chi connectivity index (χ1) is 13.4. The number of benzene rings is 2. The average Bonchev–Trinajstić information content (AvgIpc) is 2.90. The Morgan fingerprint density at radius 2 is 1.89 bits per heavy atom. The predicted molar refractivity (Wildman–Crippen MR) is 103 cm³/mol. The number of imide groups is 1. The second-order valence-corrected chi connectivity index (χ2v) is 6.87. The number of ether oxygens (including phenoxy) is 1. The second kappa shape index (κ2) is 8.12. The molecule has 2 N–H and O–H groups in total. The fourth-order valence-electron chi connectivity index (χ4n) is 3.02. The lowest BCUT2D eigenvalue weighted by atomic mass is 9.92. The van der Waals surface area contributed by atoms with Crippen molar-refractivity contribution in [2.45, 2.75) is 32.2 Å². The van der Waals surface area contributed by atoms with E-state index in [-0.39, 0.29) is 6.42 Å². The van der Waals surface area contributed by atoms with E-state index in [9.17, 15) is 14.4 Å². The standard InChI is InChI=1S/C21H23N3O4/c1-15-8-6-11-17(14-15)28-13-7-12-18(25)23-24-19(26)21(2,22-20(24)27)16-9-4-3-5-10-16/h3-6,8-11,14H,7,12-13H2,1-2H3,(H,22,27)(H,23,25)/t21-/m0/s1. The van der Waals surface area contributed by atoms with Crippen LogP contribution < -0.4 is 15.5 Å². The molecule has 1 aliphatic rings. The predicted octanol–water partition coefficient (Wildman–Crippen LogP) is 2.65. The molecule has 0 bridgehead atoms. The maximum atomic E-state index is 12.7. The molecular formula is C21H23N3O4. The first-order valence-electron chi connectivity index (χ1n) is 9.11. The van der Waals surface area contributed by atoms with Crippen molar-refractivity contribution in [3.8, 4) is 5.75 Å². The Morgan fingerprint density at radius 1 is 1.14 bits per heavy atom. The molecule has 1 saturated heterocycles. The molecule has 0 radical (unpaired) electrons. The zero-order chi connectivity index (χ0) is 20.1. The molecule has 28 heavy (non-hydrogen) atoms. The molecule has 0 unspecified atom stereocenters. The smallest absolute Gasteiger partial charge is 0.344 e. The van der Waals surface area contributed by atoms with Crippen LogP contribution in [-0.2, 0) is 15.1 Å². The molecule has 146 valence electrons. The van der Waals surface area contributed by atoms with Crippen molar-refractivity contribution in [3.63, 3.8) is 0 Å². The van der Waals surface area contributed by atoms with Crippen LogP contribution in [0.15, 0.2) is 54.6 Å². The summed E-state index contributed by atoms with van der Waals surface area (Å²) in [6.45, 7) is 3.95. The van der Waals surface area contributed by atoms with Crippen LogP contribution in [0.2, 0.25) is 0 Å². The highest BCUT2D eigenvalue weighted by Crippen LogP contribution is 2.27. The van der Waals surface area contributed by atoms with Gasteiger partial charge in [0.1, 0.15) is 11.3 Å². The van der Waals surface area contributed by atoms with Crippen molar-refractivity contribution in [1.29, 1.82) is 0 Å². The highest BCUT2D eigenvalue weighted by Gasteiger charge is 2.49. The van der Waals surface area contributed by atoms with Crippen LogP contribution in [0.5, 0.6) is 5.75 Å². The van der Waals surface area contributed by atoms with Gasteiger partial charge in [0.05, 0.1) is 6.61 Å². The molecule has 3 rings (SSSR count). The van der Waals surface area contributed by atoms with Crippen LogP contribution in [0.3, 0.4) is 0 Å². The van der Waals surface area contributed by atoms with E-state index in [1.165, 1.54) is 0 Å². The van der Waals surface area contributed by atoms with Crippen molar-refractivity contribution in [2.24, 2.45) is 0 Å². The van der Waals surface area contributed by atoms with Gasteiger partial charge in [-0.3, -0.25) is 15.0 Å². The molecule has 0 aromatic heterocycles. The lowest BCUT2D eigenvalue weighted by Crippen LogP contribution is -2.47. The summed E-state index contributed by atoms with van der Waals surface area (Å²) in [5.74, 6) is -0.199. The van der Waals surface area contributed by atoms with Gasteiger partial charge in [0.25, 0.3) is 5.91 Å². The van der Waals surface area contributed by atoms with Gasteiger partial charge in [-0.15, -0.1) is 0 Å². The third kappa shape index (κ3) is 4.14. The lowest BCUT2D eigenvalue weighted by molar-refractivity contribution is -0.139. The number of hydrogen-bond acceptors (Lipinski definition) is 4. The molecule has 7 heteroatoms. The minimum Gasteiger partial charge on any atom is -0.494 e. The van der Waals surface area contributed by atoms with E-state index in [4.69, 9.17) is 4.74 Å². The summed E-state index contributed by atoms with van der Waals surface area (Å²) in [6.07, 6.45) is 0.588. The van der Waals surface area contributed by atoms with Crippen molar-refractivity contribution in [2.75, 3.05) is 6.61 Å². The number of hydrogen-bond donors (Lipinski definition) is 2. The Balaban J connectivity index is 1.51. The number of carbonyl (C=O) groups is 3. The molecule has 2 aromatic rings. The van der Waals surface area contributed by atoms with E-state index in [1.807, 2.05) is 37.3 Å². The number of nitrogens with zero attached hydrogens (tertiary/aromatic N) is 1. The number of carbonyl (C=O) groups excluding carboxylic acids is 3. The molecule has 4 amide bonds. The minimum absolute atomic E-state index is 0.130. The SMILES string of the molecule is Cc1cccc(OCCCC(=O)NN2C(=O)N[C@@](C)(c3ccccc3)C2=O)c1. The summed E-state index contributed by atoms with van der Waals surface area (Å²) >= 11 is 0. The Bertz CT molecular complexity index is 884. The first-order valence-corrected chi connectivity index (χ1v) is 9.11. The molecular weight excluding hydrogens is 358 g/mol. The molecule has 1 fully saturated rings. The van der Waals surface area contributed by atoms with Gasteiger partial charge in [-0.2, -0.15) is 5.01 Å². The maximum Gasteiger partial charge on any atom is 0.344 e. The van der Waals surface area contributed by atoms with Gasteiger partial charge >= 0.3 is 6.03 Å². The summed E-state index contributed by atoms with van der Waals surface area (Å²) in [7, 11) is 0. The quantitative estimate of drug-likeness (QED) is 0.570. The van der Waals surface area contributed by atoms with Gasteiger partial charge < -0.3 is 10.1 Å². The van der Waals surface area contributed by atoms with Crippen molar-refractivity contribution < 1.29 is 19.1 Å². The summed E-state index contributed by atoms with van der Waals surface area (Å²) in [4.78, 5) is 37.1. The van der Waals surface area contributed by atoms with Crippen LogP contribution in [-0.4, -0.2) is 29.5 Å². The molecule has 1 heterocycles. The van der Waals surface area contributed by atoms with Gasteiger partial charge in [-0.25, -0.2) is 4.79 Å². The maximum absolute atomic E-state index is 12.7.